The van der Waals surface area contributed by atoms with Crippen molar-refractivity contribution >= 4 is 5.97 Å². The van der Waals surface area contributed by atoms with E-state index in [9.17, 15) is 9.18 Å². The summed E-state index contributed by atoms with van der Waals surface area (Å²) < 4.78 is 14.1. The molecule has 0 radical (unpaired) electrons. The van der Waals surface area contributed by atoms with E-state index >= 15 is 0 Å². The fourth-order valence-electron chi connectivity index (χ4n) is 3.51. The number of aliphatic carboxylic acids is 1. The molecule has 1 heterocycles. The van der Waals surface area contributed by atoms with Crippen LogP contribution in [0.1, 0.15) is 69.4 Å². The summed E-state index contributed by atoms with van der Waals surface area (Å²) in [5, 5.41) is 8.95. The summed E-state index contributed by atoms with van der Waals surface area (Å²) in [5.41, 5.74) is 0.402. The Labute approximate surface area is 151 Å². The van der Waals surface area contributed by atoms with Crippen molar-refractivity contribution in [2.45, 2.75) is 76.9 Å². The molecular weight excluding hydrogens is 317 g/mol. The lowest BCUT2D eigenvalue weighted by Crippen LogP contribution is -2.36. The molecule has 0 aliphatic carbocycles. The van der Waals surface area contributed by atoms with Crippen LogP contribution in [0, 0.1) is 0 Å². The van der Waals surface area contributed by atoms with E-state index in [1.807, 2.05) is 4.90 Å². The highest BCUT2D eigenvalue weighted by Crippen LogP contribution is 2.27. The van der Waals surface area contributed by atoms with Gasteiger partial charge < -0.3 is 5.11 Å². The van der Waals surface area contributed by atoms with Crippen molar-refractivity contribution in [2.75, 3.05) is 13.1 Å². The van der Waals surface area contributed by atoms with Gasteiger partial charge in [-0.25, -0.2) is 9.18 Å². The number of benzene rings is 1. The summed E-state index contributed by atoms with van der Waals surface area (Å²) in [4.78, 5) is 12.9. The maximum absolute atomic E-state index is 14.1. The van der Waals surface area contributed by atoms with E-state index in [-0.39, 0.29) is 13.0 Å². The lowest BCUT2D eigenvalue weighted by Gasteiger charge is -2.17. The van der Waals surface area contributed by atoms with Crippen LogP contribution in [-0.2, 0) is 17.8 Å². The second-order valence-electron chi connectivity index (χ2n) is 7.42. The largest absolute Gasteiger partial charge is 0.479 e. The molecule has 1 aliphatic heterocycles. The van der Waals surface area contributed by atoms with Gasteiger partial charge in [0.2, 0.25) is 5.67 Å². The Balaban J connectivity index is 1.67. The first-order valence-electron chi connectivity index (χ1n) is 9.76. The van der Waals surface area contributed by atoms with Crippen LogP contribution < -0.4 is 0 Å². The molecule has 3 nitrogen and oxygen atoms in total. The van der Waals surface area contributed by atoms with Crippen molar-refractivity contribution in [2.24, 2.45) is 0 Å². The minimum Gasteiger partial charge on any atom is -0.479 e. The van der Waals surface area contributed by atoms with E-state index < -0.39 is 11.6 Å². The van der Waals surface area contributed by atoms with E-state index in [0.29, 0.717) is 13.1 Å². The highest BCUT2D eigenvalue weighted by Gasteiger charge is 2.45. The molecule has 0 aromatic heterocycles. The number of likely N-dealkylation sites (tertiary alicyclic amines) is 1. The van der Waals surface area contributed by atoms with Gasteiger partial charge in [-0.2, -0.15) is 0 Å². The van der Waals surface area contributed by atoms with E-state index in [2.05, 4.69) is 31.2 Å². The summed E-state index contributed by atoms with van der Waals surface area (Å²) in [6, 6.07) is 8.50. The number of carboxylic acid groups (broad SMARTS) is 1. The molecule has 1 atom stereocenters. The number of rotatable bonds is 11. The van der Waals surface area contributed by atoms with Crippen molar-refractivity contribution < 1.29 is 14.3 Å². The Morgan fingerprint density at radius 1 is 1.08 bits per heavy atom. The molecule has 0 saturated carbocycles. The molecule has 1 fully saturated rings. The number of unbranched alkanes of at least 4 members (excludes halogenated alkanes) is 6. The first-order chi connectivity index (χ1) is 12.0. The van der Waals surface area contributed by atoms with Crippen LogP contribution in [0.2, 0.25) is 0 Å². The van der Waals surface area contributed by atoms with Crippen LogP contribution in [0.5, 0.6) is 0 Å². The molecule has 140 valence electrons. The van der Waals surface area contributed by atoms with Crippen molar-refractivity contribution in [3.63, 3.8) is 0 Å². The Hall–Kier alpha value is -1.42. The number of carbonyl (C=O) groups is 1. The predicted octanol–water partition coefficient (Wildman–Crippen LogP) is 4.98. The summed E-state index contributed by atoms with van der Waals surface area (Å²) in [5.74, 6) is -1.33. The molecule has 25 heavy (non-hydrogen) atoms. The molecule has 1 N–H and O–H groups in total. The minimum absolute atomic E-state index is 0.0118. The molecule has 0 spiro atoms. The number of alkyl halides is 1. The van der Waals surface area contributed by atoms with E-state index in [4.69, 9.17) is 5.11 Å². The predicted molar refractivity (Wildman–Crippen MR) is 99.5 cm³/mol. The molecule has 1 aliphatic rings. The molecule has 0 unspecified atom stereocenters. The third-order valence-corrected chi connectivity index (χ3v) is 5.18. The van der Waals surface area contributed by atoms with Gasteiger partial charge in [-0.05, 0) is 24.0 Å². The zero-order valence-corrected chi connectivity index (χ0v) is 15.5. The second-order valence-corrected chi connectivity index (χ2v) is 7.42. The fraction of sp³-hybridized carbons (Fsp3) is 0.667. The van der Waals surface area contributed by atoms with Gasteiger partial charge in [0.25, 0.3) is 0 Å². The summed E-state index contributed by atoms with van der Waals surface area (Å²) in [6.45, 7) is 3.36. The van der Waals surface area contributed by atoms with E-state index in [1.165, 1.54) is 50.5 Å². The summed E-state index contributed by atoms with van der Waals surface area (Å²) in [7, 11) is 0. The topological polar surface area (TPSA) is 40.5 Å². The van der Waals surface area contributed by atoms with Gasteiger partial charge in [0.15, 0.2) is 0 Å². The van der Waals surface area contributed by atoms with Crippen molar-refractivity contribution in [1.82, 2.24) is 4.90 Å². The fourth-order valence-corrected chi connectivity index (χ4v) is 3.51. The van der Waals surface area contributed by atoms with E-state index in [1.54, 1.807) is 0 Å². The van der Waals surface area contributed by atoms with Crippen LogP contribution in [0.3, 0.4) is 0 Å². The van der Waals surface area contributed by atoms with Crippen molar-refractivity contribution in [3.05, 3.63) is 35.4 Å². The molecular formula is C21H32FNO2. The van der Waals surface area contributed by atoms with Crippen LogP contribution in [0.15, 0.2) is 24.3 Å². The zero-order valence-electron chi connectivity index (χ0n) is 15.5. The second kappa shape index (κ2) is 9.91. The molecule has 1 aromatic carbocycles. The Bertz CT molecular complexity index is 531. The molecule has 0 bridgehead atoms. The smallest absolute Gasteiger partial charge is 0.342 e. The molecule has 1 aromatic rings. The average Bonchev–Trinajstić information content (AvgIpc) is 2.98. The summed E-state index contributed by atoms with van der Waals surface area (Å²) in [6.07, 6.45) is 10.4. The lowest BCUT2D eigenvalue weighted by atomic mass is 10.0. The van der Waals surface area contributed by atoms with Gasteiger partial charge in [0.1, 0.15) is 0 Å². The SMILES string of the molecule is CCCCCCCCCc1ccc(CN2CC[C@](F)(C(=O)O)C2)cc1. The third-order valence-electron chi connectivity index (χ3n) is 5.18. The number of carboxylic acids is 1. The van der Waals surface area contributed by atoms with Crippen LogP contribution >= 0.6 is 0 Å². The van der Waals surface area contributed by atoms with Gasteiger partial charge >= 0.3 is 5.97 Å². The number of halogens is 1. The van der Waals surface area contributed by atoms with Gasteiger partial charge in [-0.15, -0.1) is 0 Å². The molecule has 0 amide bonds. The summed E-state index contributed by atoms with van der Waals surface area (Å²) >= 11 is 0. The van der Waals surface area contributed by atoms with Gasteiger partial charge in [0, 0.05) is 26.1 Å². The number of nitrogens with zero attached hydrogens (tertiary/aromatic N) is 1. The Kier molecular flexibility index (Phi) is 7.89. The van der Waals surface area contributed by atoms with E-state index in [0.717, 1.165) is 12.0 Å². The maximum Gasteiger partial charge on any atom is 0.342 e. The normalized spacial score (nSPS) is 20.9. The highest BCUT2D eigenvalue weighted by atomic mass is 19.1. The first kappa shape index (κ1) is 19.9. The number of hydrogen-bond acceptors (Lipinski definition) is 2. The zero-order chi connectivity index (χ0) is 18.1. The minimum atomic E-state index is -2.07. The van der Waals surface area contributed by atoms with Crippen LogP contribution in [0.4, 0.5) is 4.39 Å². The third kappa shape index (κ3) is 6.43. The quantitative estimate of drug-likeness (QED) is 0.573. The maximum atomic E-state index is 14.1. The van der Waals surface area contributed by atoms with Crippen molar-refractivity contribution in [1.29, 1.82) is 0 Å². The molecule has 2 rings (SSSR count). The number of aryl methyl sites for hydroxylation is 1. The van der Waals surface area contributed by atoms with Gasteiger partial charge in [0.05, 0.1) is 0 Å². The van der Waals surface area contributed by atoms with Crippen LogP contribution in [0.25, 0.3) is 0 Å². The molecule has 4 heteroatoms. The number of hydrogen-bond donors (Lipinski definition) is 1. The Morgan fingerprint density at radius 2 is 1.68 bits per heavy atom. The average molecular weight is 349 g/mol. The lowest BCUT2D eigenvalue weighted by molar-refractivity contribution is -0.149. The van der Waals surface area contributed by atoms with Crippen molar-refractivity contribution in [3.8, 4) is 0 Å². The molecule has 1 saturated heterocycles. The van der Waals surface area contributed by atoms with Crippen LogP contribution in [-0.4, -0.2) is 34.7 Å². The first-order valence-corrected chi connectivity index (χ1v) is 9.76. The van der Waals surface area contributed by atoms with Gasteiger partial charge in [-0.1, -0.05) is 69.7 Å². The highest BCUT2D eigenvalue weighted by molar-refractivity contribution is 5.78. The Morgan fingerprint density at radius 3 is 2.28 bits per heavy atom. The van der Waals surface area contributed by atoms with Gasteiger partial charge in [-0.3, -0.25) is 4.90 Å². The monoisotopic (exact) mass is 349 g/mol. The standard InChI is InChI=1S/C21H32FNO2/c1-2-3-4-5-6-7-8-9-18-10-12-19(13-11-18)16-23-15-14-21(22,17-23)20(24)25/h10-13H,2-9,14-17H2,1H3,(H,24,25)/t21-/m1/s1.